The molecule has 2 aromatic carbocycles. The molecular formula is C24H25FIN3O4. The molecule has 0 N–H and O–H groups in total. The molecule has 9 heteroatoms. The summed E-state index contributed by atoms with van der Waals surface area (Å²) in [7, 11) is 1.56. The maximum atomic E-state index is 14.9. The molecule has 3 aromatic rings. The molecule has 2 heterocycles. The first-order chi connectivity index (χ1) is 15.6. The zero-order valence-electron chi connectivity index (χ0n) is 18.9. The van der Waals surface area contributed by atoms with Gasteiger partial charge >= 0.3 is 6.09 Å². The van der Waals surface area contributed by atoms with Crippen molar-refractivity contribution in [2.24, 2.45) is 0 Å². The molecule has 1 fully saturated rings. The lowest BCUT2D eigenvalue weighted by atomic mass is 10.1. The number of benzene rings is 2. The molecule has 0 saturated carbocycles. The zero-order chi connectivity index (χ0) is 23.9. The molecule has 0 unspecified atom stereocenters. The van der Waals surface area contributed by atoms with Gasteiger partial charge in [-0.15, -0.1) is 0 Å². The Kier molecular flexibility index (Phi) is 6.35. The summed E-state index contributed by atoms with van der Waals surface area (Å²) in [5, 5.41) is 0.181. The van der Waals surface area contributed by atoms with Gasteiger partial charge in [-0.25, -0.2) is 14.2 Å². The highest BCUT2D eigenvalue weighted by Gasteiger charge is 2.36. The summed E-state index contributed by atoms with van der Waals surface area (Å²) in [6, 6.07) is 9.41. The van der Waals surface area contributed by atoms with Crippen molar-refractivity contribution in [3.05, 3.63) is 62.0 Å². The van der Waals surface area contributed by atoms with Gasteiger partial charge in [0.1, 0.15) is 22.7 Å². The predicted molar refractivity (Wildman–Crippen MR) is 131 cm³/mol. The maximum absolute atomic E-state index is 14.9. The monoisotopic (exact) mass is 565 g/mol. The SMILES string of the molecule is COc1ccc(-n2c([C@H]3CCCN3C(=O)OC(C)(C)C)nc3c(F)cc(I)cc3c2=O)cc1. The number of carbonyl (C=O) groups excluding carboxylic acids is 1. The minimum atomic E-state index is -0.667. The molecule has 1 amide bonds. The first kappa shape index (κ1) is 23.5. The van der Waals surface area contributed by atoms with E-state index in [2.05, 4.69) is 4.98 Å². The Morgan fingerprint density at radius 3 is 2.55 bits per heavy atom. The van der Waals surface area contributed by atoms with Crippen molar-refractivity contribution in [2.75, 3.05) is 13.7 Å². The van der Waals surface area contributed by atoms with Gasteiger partial charge < -0.3 is 9.47 Å². The van der Waals surface area contributed by atoms with E-state index in [1.807, 2.05) is 22.6 Å². The van der Waals surface area contributed by atoms with Crippen LogP contribution in [0.2, 0.25) is 0 Å². The minimum absolute atomic E-state index is 0.00350. The summed E-state index contributed by atoms with van der Waals surface area (Å²) < 4.78 is 27.8. The molecular weight excluding hydrogens is 540 g/mol. The fraction of sp³-hybridized carbons (Fsp3) is 0.375. The summed E-state index contributed by atoms with van der Waals surface area (Å²) in [4.78, 5) is 32.8. The Hall–Kier alpha value is -2.69. The second-order valence-corrected chi connectivity index (χ2v) is 10.2. The lowest BCUT2D eigenvalue weighted by molar-refractivity contribution is 0.0216. The Labute approximate surface area is 204 Å². The van der Waals surface area contributed by atoms with Crippen molar-refractivity contribution >= 4 is 39.6 Å². The minimum Gasteiger partial charge on any atom is -0.497 e. The number of methoxy groups -OCH3 is 1. The van der Waals surface area contributed by atoms with Gasteiger partial charge in [0.05, 0.1) is 24.2 Å². The van der Waals surface area contributed by atoms with E-state index in [1.54, 1.807) is 63.1 Å². The summed E-state index contributed by atoms with van der Waals surface area (Å²) in [6.45, 7) is 5.86. The van der Waals surface area contributed by atoms with Crippen LogP contribution < -0.4 is 10.3 Å². The van der Waals surface area contributed by atoms with Crippen LogP contribution in [0.4, 0.5) is 9.18 Å². The number of carbonyl (C=O) groups is 1. The summed E-state index contributed by atoms with van der Waals surface area (Å²) in [6.07, 6.45) is 0.818. The highest BCUT2D eigenvalue weighted by Crippen LogP contribution is 2.34. The van der Waals surface area contributed by atoms with Crippen molar-refractivity contribution in [1.29, 1.82) is 0 Å². The summed E-state index contributed by atoms with van der Waals surface area (Å²) in [5.41, 5.74) is -0.509. The van der Waals surface area contributed by atoms with Crippen LogP contribution in [0, 0.1) is 9.39 Å². The molecule has 0 radical (unpaired) electrons. The van der Waals surface area contributed by atoms with Gasteiger partial charge in [-0.1, -0.05) is 0 Å². The van der Waals surface area contributed by atoms with Crippen molar-refractivity contribution in [3.63, 3.8) is 0 Å². The van der Waals surface area contributed by atoms with Crippen molar-refractivity contribution in [2.45, 2.75) is 45.3 Å². The van der Waals surface area contributed by atoms with E-state index in [4.69, 9.17) is 9.47 Å². The van der Waals surface area contributed by atoms with Gasteiger partial charge in [0, 0.05) is 10.1 Å². The van der Waals surface area contributed by atoms with Crippen molar-refractivity contribution < 1.29 is 18.7 Å². The third-order valence-electron chi connectivity index (χ3n) is 5.43. The Bertz CT molecular complexity index is 1270. The smallest absolute Gasteiger partial charge is 0.410 e. The molecule has 0 bridgehead atoms. The van der Waals surface area contributed by atoms with Crippen LogP contribution in [0.3, 0.4) is 0 Å². The molecule has 1 aliphatic heterocycles. The summed E-state index contributed by atoms with van der Waals surface area (Å²) >= 11 is 1.98. The molecule has 174 valence electrons. The van der Waals surface area contributed by atoms with E-state index in [0.29, 0.717) is 33.8 Å². The fourth-order valence-corrected chi connectivity index (χ4v) is 4.60. The van der Waals surface area contributed by atoms with E-state index in [9.17, 15) is 14.0 Å². The third kappa shape index (κ3) is 4.68. The Balaban J connectivity index is 1.94. The first-order valence-corrected chi connectivity index (χ1v) is 11.7. The van der Waals surface area contributed by atoms with Crippen LogP contribution in [0.15, 0.2) is 41.2 Å². The molecule has 33 heavy (non-hydrogen) atoms. The second kappa shape index (κ2) is 8.92. The second-order valence-electron chi connectivity index (χ2n) is 8.92. The number of nitrogens with zero attached hydrogens (tertiary/aromatic N) is 3. The van der Waals surface area contributed by atoms with E-state index >= 15 is 0 Å². The lowest BCUT2D eigenvalue weighted by Crippen LogP contribution is -2.38. The molecule has 1 aromatic heterocycles. The van der Waals surface area contributed by atoms with Crippen molar-refractivity contribution in [1.82, 2.24) is 14.5 Å². The normalized spacial score (nSPS) is 16.3. The van der Waals surface area contributed by atoms with E-state index in [1.165, 1.54) is 10.6 Å². The fourth-order valence-electron chi connectivity index (χ4n) is 4.01. The van der Waals surface area contributed by atoms with Crippen LogP contribution in [0.1, 0.15) is 45.5 Å². The highest BCUT2D eigenvalue weighted by atomic mass is 127. The maximum Gasteiger partial charge on any atom is 0.410 e. The van der Waals surface area contributed by atoms with Gasteiger partial charge in [-0.2, -0.15) is 0 Å². The molecule has 1 atom stereocenters. The van der Waals surface area contributed by atoms with Crippen LogP contribution >= 0.6 is 22.6 Å². The van der Waals surface area contributed by atoms with Crippen molar-refractivity contribution in [3.8, 4) is 11.4 Å². The molecule has 0 aliphatic carbocycles. The number of aromatic nitrogens is 2. The third-order valence-corrected chi connectivity index (χ3v) is 6.05. The average Bonchev–Trinajstić information content (AvgIpc) is 3.23. The number of amides is 1. The van der Waals surface area contributed by atoms with E-state index in [0.717, 1.165) is 6.42 Å². The Morgan fingerprint density at radius 1 is 1.21 bits per heavy atom. The number of hydrogen-bond acceptors (Lipinski definition) is 5. The molecule has 1 saturated heterocycles. The average molecular weight is 565 g/mol. The standard InChI is InChI=1S/C24H25FIN3O4/c1-24(2,3)33-23(31)28-11-5-6-19(28)21-27-20-17(12-14(26)13-18(20)25)22(30)29(21)15-7-9-16(32-4)10-8-15/h7-10,12-13,19H,5-6,11H2,1-4H3/t19-/m1/s1. The van der Waals surface area contributed by atoms with Gasteiger partial charge in [0.25, 0.3) is 5.56 Å². The van der Waals surface area contributed by atoms with Crippen LogP contribution in [-0.2, 0) is 4.74 Å². The quantitative estimate of drug-likeness (QED) is 0.408. The van der Waals surface area contributed by atoms with Crippen LogP contribution in [0.25, 0.3) is 16.6 Å². The Morgan fingerprint density at radius 2 is 1.91 bits per heavy atom. The molecule has 4 rings (SSSR count). The number of fused-ring (bicyclic) bond motifs is 1. The lowest BCUT2D eigenvalue weighted by Gasteiger charge is -2.29. The molecule has 1 aliphatic rings. The number of halogens is 2. The number of rotatable bonds is 3. The van der Waals surface area contributed by atoms with E-state index < -0.39 is 29.1 Å². The van der Waals surface area contributed by atoms with Crippen LogP contribution in [-0.4, -0.2) is 39.8 Å². The van der Waals surface area contributed by atoms with Gasteiger partial charge in [-0.3, -0.25) is 14.3 Å². The topological polar surface area (TPSA) is 73.7 Å². The largest absolute Gasteiger partial charge is 0.497 e. The van der Waals surface area contributed by atoms with E-state index in [-0.39, 0.29) is 10.9 Å². The highest BCUT2D eigenvalue weighted by molar-refractivity contribution is 14.1. The van der Waals surface area contributed by atoms with Gasteiger partial charge in [0.15, 0.2) is 5.82 Å². The van der Waals surface area contributed by atoms with Gasteiger partial charge in [0.2, 0.25) is 0 Å². The summed E-state index contributed by atoms with van der Waals surface area (Å²) in [5.74, 6) is 0.374. The van der Waals surface area contributed by atoms with Gasteiger partial charge in [-0.05, 0) is 92.6 Å². The predicted octanol–water partition coefficient (Wildman–Crippen LogP) is 5.21. The zero-order valence-corrected chi connectivity index (χ0v) is 21.1. The first-order valence-electron chi connectivity index (χ1n) is 10.6. The molecule has 7 nitrogen and oxygen atoms in total. The van der Waals surface area contributed by atoms with Crippen LogP contribution in [0.5, 0.6) is 5.75 Å². The number of ether oxygens (including phenoxy) is 2. The molecule has 0 spiro atoms. The number of hydrogen-bond donors (Lipinski definition) is 0. The number of likely N-dealkylation sites (tertiary alicyclic amines) is 1.